The monoisotopic (exact) mass is 542 g/mol. The summed E-state index contributed by atoms with van der Waals surface area (Å²) in [5, 5.41) is 5.97. The molecule has 1 atom stereocenters. The molecule has 206 valence electrons. The van der Waals surface area contributed by atoms with Crippen LogP contribution in [0.2, 0.25) is 0 Å². The van der Waals surface area contributed by atoms with E-state index in [9.17, 15) is 19.2 Å². The number of fused-ring (bicyclic) bond motifs is 1. The van der Waals surface area contributed by atoms with Crippen molar-refractivity contribution < 1.29 is 19.1 Å². The third-order valence-electron chi connectivity index (χ3n) is 6.84. The van der Waals surface area contributed by atoms with Crippen molar-refractivity contribution >= 4 is 28.4 Å². The maximum Gasteiger partial charge on any atom is 0.336 e. The molecule has 1 unspecified atom stereocenters. The van der Waals surface area contributed by atoms with Crippen LogP contribution >= 0.6 is 0 Å². The van der Waals surface area contributed by atoms with Crippen molar-refractivity contribution in [1.29, 1.82) is 0 Å². The minimum Gasteiger partial charge on any atom is -0.497 e. The number of anilines is 1. The zero-order chi connectivity index (χ0) is 28.1. The summed E-state index contributed by atoms with van der Waals surface area (Å²) in [6, 6.07) is 20.2. The lowest BCUT2D eigenvalue weighted by atomic mass is 10.1. The second kappa shape index (κ2) is 12.0. The van der Waals surface area contributed by atoms with Crippen molar-refractivity contribution in [2.24, 2.45) is 0 Å². The Balaban J connectivity index is 1.38. The van der Waals surface area contributed by atoms with E-state index in [2.05, 4.69) is 10.6 Å². The number of carbonyl (C=O) groups excluding carboxylic acids is 2. The van der Waals surface area contributed by atoms with Crippen molar-refractivity contribution in [3.8, 4) is 11.4 Å². The fourth-order valence-corrected chi connectivity index (χ4v) is 4.76. The molecule has 1 fully saturated rings. The fourth-order valence-electron chi connectivity index (χ4n) is 4.76. The van der Waals surface area contributed by atoms with Gasteiger partial charge in [0.05, 0.1) is 36.2 Å². The Labute approximate surface area is 230 Å². The van der Waals surface area contributed by atoms with Crippen molar-refractivity contribution in [1.82, 2.24) is 14.5 Å². The second-order valence-corrected chi connectivity index (χ2v) is 9.59. The van der Waals surface area contributed by atoms with Gasteiger partial charge in [-0.15, -0.1) is 0 Å². The first-order valence-corrected chi connectivity index (χ1v) is 13.1. The maximum absolute atomic E-state index is 13.6. The van der Waals surface area contributed by atoms with Crippen molar-refractivity contribution in [2.75, 3.05) is 25.6 Å². The van der Waals surface area contributed by atoms with E-state index in [4.69, 9.17) is 9.47 Å². The summed E-state index contributed by atoms with van der Waals surface area (Å²) < 4.78 is 13.0. The smallest absolute Gasteiger partial charge is 0.336 e. The molecule has 40 heavy (non-hydrogen) atoms. The molecule has 1 aromatic heterocycles. The van der Waals surface area contributed by atoms with E-state index in [0.29, 0.717) is 34.6 Å². The minimum absolute atomic E-state index is 0.0616. The standard InChI is InChI=1S/C30H30N4O6/c1-39-23-14-10-21(11-15-23)32-28(36)19-33-26-7-3-2-6-25(26)29(37)34(30(33)38)22-12-8-20(9-13-22)17-27(35)31-18-24-5-4-16-40-24/h2-3,6-15,24H,4-5,16-19H2,1H3,(H,31,35)(H,32,36). The number of hydrogen-bond acceptors (Lipinski definition) is 6. The third kappa shape index (κ3) is 5.97. The molecular weight excluding hydrogens is 512 g/mol. The van der Waals surface area contributed by atoms with Crippen LogP contribution in [0.25, 0.3) is 16.6 Å². The summed E-state index contributed by atoms with van der Waals surface area (Å²) in [6.45, 7) is 0.911. The summed E-state index contributed by atoms with van der Waals surface area (Å²) in [5.74, 6) is 0.0981. The van der Waals surface area contributed by atoms with Gasteiger partial charge < -0.3 is 20.1 Å². The quantitative estimate of drug-likeness (QED) is 0.336. The summed E-state index contributed by atoms with van der Waals surface area (Å²) in [5.41, 5.74) is 0.852. The van der Waals surface area contributed by atoms with Gasteiger partial charge in [0.15, 0.2) is 0 Å². The average molecular weight is 543 g/mol. The van der Waals surface area contributed by atoms with Gasteiger partial charge in [0.1, 0.15) is 12.3 Å². The number of carbonyl (C=O) groups is 2. The third-order valence-corrected chi connectivity index (χ3v) is 6.84. The highest BCUT2D eigenvalue weighted by molar-refractivity contribution is 5.91. The zero-order valence-electron chi connectivity index (χ0n) is 22.1. The summed E-state index contributed by atoms with van der Waals surface area (Å²) in [7, 11) is 1.55. The number of methoxy groups -OCH3 is 1. The molecule has 2 amide bonds. The van der Waals surface area contributed by atoms with Crippen molar-refractivity contribution in [3.63, 3.8) is 0 Å². The van der Waals surface area contributed by atoms with Crippen molar-refractivity contribution in [3.05, 3.63) is 99.2 Å². The number of hydrogen-bond donors (Lipinski definition) is 2. The first kappa shape index (κ1) is 26.9. The van der Waals surface area contributed by atoms with Gasteiger partial charge in [-0.25, -0.2) is 9.36 Å². The van der Waals surface area contributed by atoms with Crippen LogP contribution in [-0.4, -0.2) is 47.3 Å². The van der Waals surface area contributed by atoms with Crippen LogP contribution in [0.1, 0.15) is 18.4 Å². The number of rotatable bonds is 9. The Bertz CT molecular complexity index is 1630. The van der Waals surface area contributed by atoms with Gasteiger partial charge in [-0.3, -0.25) is 19.0 Å². The van der Waals surface area contributed by atoms with Gasteiger partial charge in [0.2, 0.25) is 11.8 Å². The second-order valence-electron chi connectivity index (χ2n) is 9.59. The lowest BCUT2D eigenvalue weighted by Crippen LogP contribution is -2.40. The topological polar surface area (TPSA) is 121 Å². The summed E-state index contributed by atoms with van der Waals surface area (Å²) in [4.78, 5) is 52.3. The van der Waals surface area contributed by atoms with Crippen LogP contribution < -0.4 is 26.6 Å². The van der Waals surface area contributed by atoms with Crippen LogP contribution in [0.3, 0.4) is 0 Å². The van der Waals surface area contributed by atoms with Crippen LogP contribution in [0.4, 0.5) is 5.69 Å². The molecule has 3 aromatic carbocycles. The molecule has 4 aromatic rings. The lowest BCUT2D eigenvalue weighted by molar-refractivity contribution is -0.121. The van der Waals surface area contributed by atoms with Crippen molar-refractivity contribution in [2.45, 2.75) is 31.9 Å². The number of benzene rings is 3. The highest BCUT2D eigenvalue weighted by Gasteiger charge is 2.18. The molecule has 0 aliphatic carbocycles. The molecule has 1 aliphatic rings. The number of aromatic nitrogens is 2. The number of nitrogens with zero attached hydrogens (tertiary/aromatic N) is 2. The van der Waals surface area contributed by atoms with E-state index in [1.807, 2.05) is 0 Å². The van der Waals surface area contributed by atoms with Gasteiger partial charge in [0.25, 0.3) is 5.56 Å². The molecular formula is C30H30N4O6. The van der Waals surface area contributed by atoms with E-state index >= 15 is 0 Å². The SMILES string of the molecule is COc1ccc(NC(=O)Cn2c(=O)n(-c3ccc(CC(=O)NCC4CCCO4)cc3)c(=O)c3ccccc32)cc1. The Morgan fingerprint density at radius 2 is 1.73 bits per heavy atom. The minimum atomic E-state index is -0.643. The van der Waals surface area contributed by atoms with Gasteiger partial charge in [-0.1, -0.05) is 24.3 Å². The molecule has 10 heteroatoms. The summed E-state index contributed by atoms with van der Waals surface area (Å²) >= 11 is 0. The van der Waals surface area contributed by atoms with E-state index in [-0.39, 0.29) is 25.0 Å². The van der Waals surface area contributed by atoms with Crippen LogP contribution in [0.5, 0.6) is 5.75 Å². The molecule has 0 spiro atoms. The van der Waals surface area contributed by atoms with Gasteiger partial charge >= 0.3 is 5.69 Å². The molecule has 5 rings (SSSR count). The van der Waals surface area contributed by atoms with Crippen LogP contribution in [0, 0.1) is 0 Å². The Morgan fingerprint density at radius 1 is 0.975 bits per heavy atom. The van der Waals surface area contributed by atoms with E-state index < -0.39 is 17.2 Å². The van der Waals surface area contributed by atoms with E-state index in [1.54, 1.807) is 79.9 Å². The molecule has 0 saturated carbocycles. The van der Waals surface area contributed by atoms with Crippen LogP contribution in [-0.2, 0) is 27.3 Å². The lowest BCUT2D eigenvalue weighted by Gasteiger charge is -2.15. The maximum atomic E-state index is 13.6. The van der Waals surface area contributed by atoms with Gasteiger partial charge in [-0.05, 0) is 66.9 Å². The number of nitrogens with one attached hydrogen (secondary N) is 2. The number of ether oxygens (including phenoxy) is 2. The molecule has 2 heterocycles. The first-order valence-electron chi connectivity index (χ1n) is 13.1. The average Bonchev–Trinajstić information content (AvgIpc) is 3.49. The number of amides is 2. The highest BCUT2D eigenvalue weighted by atomic mass is 16.5. The molecule has 2 N–H and O–H groups in total. The Morgan fingerprint density at radius 3 is 2.42 bits per heavy atom. The summed E-state index contributed by atoms with van der Waals surface area (Å²) in [6.07, 6.45) is 2.17. The highest BCUT2D eigenvalue weighted by Crippen LogP contribution is 2.16. The zero-order valence-corrected chi connectivity index (χ0v) is 22.1. The Kier molecular flexibility index (Phi) is 8.07. The molecule has 10 nitrogen and oxygen atoms in total. The van der Waals surface area contributed by atoms with Crippen LogP contribution in [0.15, 0.2) is 82.4 Å². The molecule has 1 aliphatic heterocycles. The number of para-hydroxylation sites is 1. The first-order chi connectivity index (χ1) is 19.4. The van der Waals surface area contributed by atoms with E-state index in [0.717, 1.165) is 29.6 Å². The normalized spacial score (nSPS) is 14.7. The molecule has 0 bridgehead atoms. The fraction of sp³-hybridized carbons (Fsp3) is 0.267. The van der Waals surface area contributed by atoms with Gasteiger partial charge in [-0.2, -0.15) is 0 Å². The predicted molar refractivity (Wildman–Crippen MR) is 151 cm³/mol. The predicted octanol–water partition coefficient (Wildman–Crippen LogP) is 2.64. The largest absolute Gasteiger partial charge is 0.497 e. The Hall–Kier alpha value is -4.70. The van der Waals surface area contributed by atoms with Gasteiger partial charge in [0, 0.05) is 18.8 Å². The van der Waals surface area contributed by atoms with E-state index in [1.165, 1.54) is 4.57 Å². The molecule has 1 saturated heterocycles. The molecule has 0 radical (unpaired) electrons.